The van der Waals surface area contributed by atoms with E-state index in [1.54, 1.807) is 6.07 Å². The van der Waals surface area contributed by atoms with Gasteiger partial charge in [-0.15, -0.1) is 12.4 Å². The fraction of sp³-hybridized carbons (Fsp3) is 0.321. The van der Waals surface area contributed by atoms with E-state index >= 15 is 8.78 Å². The van der Waals surface area contributed by atoms with Gasteiger partial charge in [-0.1, -0.05) is 36.4 Å². The number of piperazine rings is 1. The Morgan fingerprint density at radius 1 is 0.927 bits per heavy atom. The van der Waals surface area contributed by atoms with Crippen LogP contribution in [0, 0.1) is 0 Å². The number of rotatable bonds is 3. The standard InChI is InChI=1S/C28H26F5N5O2.ClH/c1-35-13-15-36(16-14-35)24(39)17-22-20-9-5-6-10-23(20)37(12-11-27(22,29)30)26(40)21-18-34-38(25(21)28(31,32)33)19-7-3-2-4-8-19;/h2-10,17-18H,11-16H2,1H3;1H/b22-17-;. The summed E-state index contributed by atoms with van der Waals surface area (Å²) in [6, 6.07) is 13.2. The Morgan fingerprint density at radius 3 is 2.22 bits per heavy atom. The molecule has 7 nitrogen and oxygen atoms in total. The molecule has 0 spiro atoms. The van der Waals surface area contributed by atoms with Gasteiger partial charge >= 0.3 is 6.18 Å². The molecule has 0 unspecified atom stereocenters. The normalized spacial score (nSPS) is 18.4. The molecule has 0 aliphatic carbocycles. The predicted octanol–water partition coefficient (Wildman–Crippen LogP) is 5.16. The third-order valence-electron chi connectivity index (χ3n) is 7.13. The number of fused-ring (bicyclic) bond motifs is 1. The molecule has 5 rings (SSSR count). The van der Waals surface area contributed by atoms with E-state index in [1.807, 2.05) is 11.9 Å². The lowest BCUT2D eigenvalue weighted by Gasteiger charge is -2.32. The lowest BCUT2D eigenvalue weighted by atomic mass is 9.96. The molecular weight excluding hydrogens is 569 g/mol. The van der Waals surface area contributed by atoms with Crippen LogP contribution in [0.5, 0.6) is 0 Å². The van der Waals surface area contributed by atoms with E-state index in [4.69, 9.17) is 0 Å². The van der Waals surface area contributed by atoms with Crippen molar-refractivity contribution in [2.24, 2.45) is 0 Å². The fourth-order valence-corrected chi connectivity index (χ4v) is 4.97. The van der Waals surface area contributed by atoms with Gasteiger partial charge < -0.3 is 14.7 Å². The Labute approximate surface area is 239 Å². The summed E-state index contributed by atoms with van der Waals surface area (Å²) in [5.41, 5.74) is -2.66. The average Bonchev–Trinajstić information content (AvgIpc) is 3.35. The van der Waals surface area contributed by atoms with Crippen LogP contribution >= 0.6 is 12.4 Å². The first-order chi connectivity index (χ1) is 19.0. The number of hydrogen-bond donors (Lipinski definition) is 0. The number of amides is 2. The van der Waals surface area contributed by atoms with Crippen molar-refractivity contribution >= 4 is 35.5 Å². The van der Waals surface area contributed by atoms with Crippen molar-refractivity contribution in [1.82, 2.24) is 19.6 Å². The zero-order chi connectivity index (χ0) is 28.7. The predicted molar refractivity (Wildman–Crippen MR) is 146 cm³/mol. The maximum absolute atomic E-state index is 15.5. The molecule has 1 fully saturated rings. The number of nitrogens with zero attached hydrogens (tertiary/aromatic N) is 5. The Kier molecular flexibility index (Phi) is 8.55. The zero-order valence-electron chi connectivity index (χ0n) is 21.9. The van der Waals surface area contributed by atoms with Gasteiger partial charge in [-0.3, -0.25) is 9.59 Å². The topological polar surface area (TPSA) is 61.7 Å². The van der Waals surface area contributed by atoms with Crippen molar-refractivity contribution in [3.63, 3.8) is 0 Å². The van der Waals surface area contributed by atoms with Gasteiger partial charge in [-0.25, -0.2) is 13.5 Å². The molecule has 0 N–H and O–H groups in total. The first-order valence-corrected chi connectivity index (χ1v) is 12.7. The number of benzene rings is 2. The van der Waals surface area contributed by atoms with E-state index < -0.39 is 53.7 Å². The summed E-state index contributed by atoms with van der Waals surface area (Å²) >= 11 is 0. The first kappa shape index (κ1) is 30.2. The molecule has 218 valence electrons. The van der Waals surface area contributed by atoms with Crippen molar-refractivity contribution < 1.29 is 31.5 Å². The van der Waals surface area contributed by atoms with Crippen LogP contribution in [0.15, 0.2) is 66.9 Å². The summed E-state index contributed by atoms with van der Waals surface area (Å²) in [6.45, 7) is 1.38. The molecule has 0 radical (unpaired) electrons. The molecule has 2 amide bonds. The van der Waals surface area contributed by atoms with Crippen molar-refractivity contribution in [3.05, 3.63) is 83.7 Å². The minimum Gasteiger partial charge on any atom is -0.337 e. The second-order valence-electron chi connectivity index (χ2n) is 9.77. The molecule has 2 aliphatic rings. The van der Waals surface area contributed by atoms with E-state index in [9.17, 15) is 22.8 Å². The van der Waals surface area contributed by atoms with E-state index in [1.165, 1.54) is 53.4 Å². The zero-order valence-corrected chi connectivity index (χ0v) is 22.8. The highest BCUT2D eigenvalue weighted by atomic mass is 35.5. The fourth-order valence-electron chi connectivity index (χ4n) is 4.97. The van der Waals surface area contributed by atoms with E-state index in [-0.39, 0.29) is 29.3 Å². The molecule has 3 aromatic rings. The number of allylic oxidation sites excluding steroid dienone is 1. The molecule has 0 saturated carbocycles. The Bertz CT molecular complexity index is 1450. The number of carbonyl (C=O) groups is 2. The summed E-state index contributed by atoms with van der Waals surface area (Å²) < 4.78 is 74.5. The van der Waals surface area contributed by atoms with Crippen LogP contribution < -0.4 is 4.90 Å². The SMILES string of the molecule is CN1CCN(C(=O)/C=C2/c3ccccc3N(C(=O)c3cnn(-c4ccccc4)c3C(F)(F)F)CCC2(F)F)CC1.Cl. The van der Waals surface area contributed by atoms with Crippen LogP contribution in [0.25, 0.3) is 11.3 Å². The number of halogens is 6. The van der Waals surface area contributed by atoms with Gasteiger partial charge in [-0.05, 0) is 25.2 Å². The molecule has 13 heteroatoms. The Morgan fingerprint density at radius 2 is 1.56 bits per heavy atom. The van der Waals surface area contributed by atoms with Crippen LogP contribution in [0.1, 0.15) is 28.0 Å². The lowest BCUT2D eigenvalue weighted by molar-refractivity contribution is -0.143. The van der Waals surface area contributed by atoms with E-state index in [0.29, 0.717) is 30.9 Å². The maximum atomic E-state index is 15.5. The molecule has 41 heavy (non-hydrogen) atoms. The molecule has 1 aromatic heterocycles. The minimum atomic E-state index is -4.97. The highest BCUT2D eigenvalue weighted by Crippen LogP contribution is 2.44. The quantitative estimate of drug-likeness (QED) is 0.310. The largest absolute Gasteiger partial charge is 0.434 e. The van der Waals surface area contributed by atoms with Crippen molar-refractivity contribution in [1.29, 1.82) is 0 Å². The maximum Gasteiger partial charge on any atom is 0.434 e. The smallest absolute Gasteiger partial charge is 0.337 e. The van der Waals surface area contributed by atoms with Crippen molar-refractivity contribution in [3.8, 4) is 5.69 Å². The molecule has 0 atom stereocenters. The number of para-hydroxylation sites is 2. The molecular formula is C28H27ClF5N5O2. The Balaban J connectivity index is 0.00000387. The van der Waals surface area contributed by atoms with Crippen LogP contribution in [0.4, 0.5) is 27.6 Å². The monoisotopic (exact) mass is 595 g/mol. The highest BCUT2D eigenvalue weighted by Gasteiger charge is 2.45. The minimum absolute atomic E-state index is 0. The number of carbonyl (C=O) groups excluding carboxylic acids is 2. The number of aromatic nitrogens is 2. The third-order valence-corrected chi connectivity index (χ3v) is 7.13. The summed E-state index contributed by atoms with van der Waals surface area (Å²) in [6.07, 6.45) is -4.15. The van der Waals surface area contributed by atoms with Crippen LogP contribution in [-0.2, 0) is 11.0 Å². The molecule has 2 aliphatic heterocycles. The van der Waals surface area contributed by atoms with Crippen LogP contribution in [-0.4, -0.2) is 77.1 Å². The summed E-state index contributed by atoms with van der Waals surface area (Å²) in [5.74, 6) is -5.22. The van der Waals surface area contributed by atoms with Gasteiger partial charge in [0.1, 0.15) is 0 Å². The number of alkyl halides is 5. The third kappa shape index (κ3) is 5.98. The summed E-state index contributed by atoms with van der Waals surface area (Å²) in [7, 11) is 1.90. The van der Waals surface area contributed by atoms with Crippen molar-refractivity contribution in [2.75, 3.05) is 44.7 Å². The average molecular weight is 596 g/mol. The van der Waals surface area contributed by atoms with Gasteiger partial charge in [-0.2, -0.15) is 18.3 Å². The number of hydrogen-bond acceptors (Lipinski definition) is 4. The highest BCUT2D eigenvalue weighted by molar-refractivity contribution is 6.09. The molecule has 0 bridgehead atoms. The Hall–Kier alpha value is -3.77. The van der Waals surface area contributed by atoms with E-state index in [0.717, 1.165) is 17.2 Å². The van der Waals surface area contributed by atoms with Crippen LogP contribution in [0.2, 0.25) is 0 Å². The van der Waals surface area contributed by atoms with Gasteiger partial charge in [0.25, 0.3) is 11.8 Å². The second-order valence-corrected chi connectivity index (χ2v) is 9.77. The lowest BCUT2D eigenvalue weighted by Crippen LogP contribution is -2.46. The van der Waals surface area contributed by atoms with Gasteiger partial charge in [0.15, 0.2) is 5.69 Å². The summed E-state index contributed by atoms with van der Waals surface area (Å²) in [5, 5.41) is 3.82. The van der Waals surface area contributed by atoms with Crippen molar-refractivity contribution in [2.45, 2.75) is 18.5 Å². The first-order valence-electron chi connectivity index (χ1n) is 12.7. The molecule has 3 heterocycles. The number of anilines is 1. The molecule has 2 aromatic carbocycles. The van der Waals surface area contributed by atoms with Crippen LogP contribution in [0.3, 0.4) is 0 Å². The van der Waals surface area contributed by atoms with Gasteiger partial charge in [0.2, 0.25) is 5.91 Å². The summed E-state index contributed by atoms with van der Waals surface area (Å²) in [4.78, 5) is 31.1. The molecule has 1 saturated heterocycles. The van der Waals surface area contributed by atoms with Gasteiger partial charge in [0, 0.05) is 56.4 Å². The van der Waals surface area contributed by atoms with Gasteiger partial charge in [0.05, 0.1) is 23.1 Å². The second kappa shape index (κ2) is 11.6. The number of likely N-dealkylation sites (N-methyl/N-ethyl adjacent to an activating group) is 1. The van der Waals surface area contributed by atoms with E-state index in [2.05, 4.69) is 5.10 Å².